The maximum atomic E-state index is 12.3. The van der Waals surface area contributed by atoms with Gasteiger partial charge in [0.15, 0.2) is 0 Å². The zero-order valence-electron chi connectivity index (χ0n) is 13.5. The van der Waals surface area contributed by atoms with Gasteiger partial charge in [-0.15, -0.1) is 0 Å². The van der Waals surface area contributed by atoms with Gasteiger partial charge in [-0.2, -0.15) is 0 Å². The lowest BCUT2D eigenvalue weighted by atomic mass is 10.0. The molecule has 5 heteroatoms. The number of nitrogens with one attached hydrogen (secondary N) is 2. The number of amides is 1. The van der Waals surface area contributed by atoms with E-state index in [1.54, 1.807) is 24.5 Å². The van der Waals surface area contributed by atoms with Crippen LogP contribution in [0.5, 0.6) is 0 Å². The van der Waals surface area contributed by atoms with Crippen molar-refractivity contribution in [2.75, 3.05) is 11.9 Å². The largest absolute Gasteiger partial charge is 0.396 e. The van der Waals surface area contributed by atoms with Gasteiger partial charge in [-0.25, -0.2) is 0 Å². The van der Waals surface area contributed by atoms with E-state index in [2.05, 4.69) is 15.6 Å². The molecule has 0 aliphatic rings. The van der Waals surface area contributed by atoms with Crippen LogP contribution in [0.3, 0.4) is 0 Å². The van der Waals surface area contributed by atoms with E-state index in [0.29, 0.717) is 12.0 Å². The maximum absolute atomic E-state index is 12.3. The van der Waals surface area contributed by atoms with Gasteiger partial charge in [0.05, 0.1) is 0 Å². The van der Waals surface area contributed by atoms with Crippen molar-refractivity contribution in [2.24, 2.45) is 5.92 Å². The normalized spacial score (nSPS) is 12.0. The Kier molecular flexibility index (Phi) is 6.11. The number of aromatic nitrogens is 1. The van der Waals surface area contributed by atoms with Gasteiger partial charge in [-0.3, -0.25) is 9.78 Å². The first-order valence-corrected chi connectivity index (χ1v) is 7.79. The minimum absolute atomic E-state index is 0.0258. The quantitative estimate of drug-likeness (QED) is 0.734. The SMILES string of the molecule is CC(C)C(CCO)NC(=O)c1ccc(Nc2ccncc2)cc1. The van der Waals surface area contributed by atoms with E-state index in [-0.39, 0.29) is 24.5 Å². The van der Waals surface area contributed by atoms with Gasteiger partial charge in [0.1, 0.15) is 0 Å². The van der Waals surface area contributed by atoms with Crippen LogP contribution in [-0.2, 0) is 0 Å². The lowest BCUT2D eigenvalue weighted by Crippen LogP contribution is -2.39. The fraction of sp³-hybridized carbons (Fsp3) is 0.333. The molecule has 1 aromatic heterocycles. The van der Waals surface area contributed by atoms with Crippen molar-refractivity contribution < 1.29 is 9.90 Å². The molecule has 0 saturated carbocycles. The fourth-order valence-electron chi connectivity index (χ4n) is 2.27. The number of rotatable bonds is 7. The van der Waals surface area contributed by atoms with E-state index in [0.717, 1.165) is 11.4 Å². The maximum Gasteiger partial charge on any atom is 0.251 e. The molecule has 5 nitrogen and oxygen atoms in total. The van der Waals surface area contributed by atoms with E-state index in [4.69, 9.17) is 5.11 Å². The molecule has 122 valence electrons. The second-order valence-corrected chi connectivity index (χ2v) is 5.77. The Morgan fingerprint density at radius 1 is 1.09 bits per heavy atom. The molecule has 0 aliphatic heterocycles. The Morgan fingerprint density at radius 3 is 2.26 bits per heavy atom. The van der Waals surface area contributed by atoms with Gasteiger partial charge in [0, 0.05) is 42.0 Å². The van der Waals surface area contributed by atoms with Crippen molar-refractivity contribution in [3.63, 3.8) is 0 Å². The highest BCUT2D eigenvalue weighted by Crippen LogP contribution is 2.16. The minimum atomic E-state index is -0.118. The molecule has 23 heavy (non-hydrogen) atoms. The number of hydrogen-bond donors (Lipinski definition) is 3. The van der Waals surface area contributed by atoms with Crippen LogP contribution >= 0.6 is 0 Å². The third kappa shape index (κ3) is 5.07. The molecule has 0 fully saturated rings. The summed E-state index contributed by atoms with van der Waals surface area (Å²) >= 11 is 0. The van der Waals surface area contributed by atoms with E-state index in [1.807, 2.05) is 38.1 Å². The first kappa shape index (κ1) is 17.0. The van der Waals surface area contributed by atoms with Gasteiger partial charge in [0.25, 0.3) is 5.91 Å². The van der Waals surface area contributed by atoms with Crippen molar-refractivity contribution in [3.05, 3.63) is 54.4 Å². The van der Waals surface area contributed by atoms with Gasteiger partial charge in [0.2, 0.25) is 0 Å². The topological polar surface area (TPSA) is 74.2 Å². The third-order valence-corrected chi connectivity index (χ3v) is 3.68. The van der Waals surface area contributed by atoms with Crippen LogP contribution in [0, 0.1) is 5.92 Å². The number of aliphatic hydroxyl groups is 1. The van der Waals surface area contributed by atoms with Crippen LogP contribution in [0.4, 0.5) is 11.4 Å². The Morgan fingerprint density at radius 2 is 1.70 bits per heavy atom. The number of hydrogen-bond acceptors (Lipinski definition) is 4. The van der Waals surface area contributed by atoms with Crippen molar-refractivity contribution in [1.82, 2.24) is 10.3 Å². The average molecular weight is 313 g/mol. The van der Waals surface area contributed by atoms with Crippen LogP contribution in [0.1, 0.15) is 30.6 Å². The van der Waals surface area contributed by atoms with Gasteiger partial charge >= 0.3 is 0 Å². The lowest BCUT2D eigenvalue weighted by molar-refractivity contribution is 0.0916. The zero-order valence-corrected chi connectivity index (χ0v) is 13.5. The van der Waals surface area contributed by atoms with E-state index in [9.17, 15) is 4.79 Å². The van der Waals surface area contributed by atoms with Crippen molar-refractivity contribution in [2.45, 2.75) is 26.3 Å². The molecule has 0 spiro atoms. The smallest absolute Gasteiger partial charge is 0.251 e. The minimum Gasteiger partial charge on any atom is -0.396 e. The summed E-state index contributed by atoms with van der Waals surface area (Å²) in [4.78, 5) is 16.3. The summed E-state index contributed by atoms with van der Waals surface area (Å²) in [6, 6.07) is 11.0. The second kappa shape index (κ2) is 8.29. The zero-order chi connectivity index (χ0) is 16.7. The van der Waals surface area contributed by atoms with Crippen molar-refractivity contribution >= 4 is 17.3 Å². The summed E-state index contributed by atoms with van der Waals surface area (Å²) in [7, 11) is 0. The van der Waals surface area contributed by atoms with E-state index in [1.165, 1.54) is 0 Å². The Bertz CT molecular complexity index is 612. The molecule has 1 amide bonds. The highest BCUT2D eigenvalue weighted by molar-refractivity contribution is 5.94. The highest BCUT2D eigenvalue weighted by Gasteiger charge is 2.16. The summed E-state index contributed by atoms with van der Waals surface area (Å²) in [5.41, 5.74) is 2.46. The summed E-state index contributed by atoms with van der Waals surface area (Å²) < 4.78 is 0. The number of pyridine rings is 1. The number of anilines is 2. The third-order valence-electron chi connectivity index (χ3n) is 3.68. The Hall–Kier alpha value is -2.40. The van der Waals surface area contributed by atoms with Gasteiger partial charge in [-0.1, -0.05) is 13.8 Å². The van der Waals surface area contributed by atoms with Crippen LogP contribution in [0.25, 0.3) is 0 Å². The molecular formula is C18H23N3O2. The number of nitrogens with zero attached hydrogens (tertiary/aromatic N) is 1. The second-order valence-electron chi connectivity index (χ2n) is 5.77. The number of benzene rings is 1. The number of aliphatic hydroxyl groups excluding tert-OH is 1. The predicted molar refractivity (Wildman–Crippen MR) is 91.8 cm³/mol. The first-order chi connectivity index (χ1) is 11.1. The van der Waals surface area contributed by atoms with Crippen molar-refractivity contribution in [3.8, 4) is 0 Å². The molecule has 0 aliphatic carbocycles. The van der Waals surface area contributed by atoms with Gasteiger partial charge in [-0.05, 0) is 48.7 Å². The van der Waals surface area contributed by atoms with Crippen LogP contribution < -0.4 is 10.6 Å². The molecular weight excluding hydrogens is 290 g/mol. The standard InChI is InChI=1S/C18H23N3O2/c1-13(2)17(9-12-22)21-18(23)14-3-5-15(6-4-14)20-16-7-10-19-11-8-16/h3-8,10-11,13,17,22H,9,12H2,1-2H3,(H,19,20)(H,21,23). The molecule has 0 radical (unpaired) electrons. The van der Waals surface area contributed by atoms with Crippen molar-refractivity contribution in [1.29, 1.82) is 0 Å². The molecule has 1 aromatic carbocycles. The summed E-state index contributed by atoms with van der Waals surface area (Å²) in [6.07, 6.45) is 4.00. The molecule has 1 atom stereocenters. The lowest BCUT2D eigenvalue weighted by Gasteiger charge is -2.21. The van der Waals surface area contributed by atoms with Gasteiger partial charge < -0.3 is 15.7 Å². The molecule has 2 rings (SSSR count). The Balaban J connectivity index is 1.99. The molecule has 2 aromatic rings. The molecule has 0 bridgehead atoms. The molecule has 1 unspecified atom stereocenters. The number of carbonyl (C=O) groups is 1. The average Bonchev–Trinajstić information content (AvgIpc) is 2.56. The predicted octanol–water partition coefficient (Wildman–Crippen LogP) is 2.96. The van der Waals surface area contributed by atoms with Crippen LogP contribution in [0.15, 0.2) is 48.8 Å². The first-order valence-electron chi connectivity index (χ1n) is 7.79. The van der Waals surface area contributed by atoms with E-state index >= 15 is 0 Å². The van der Waals surface area contributed by atoms with Crippen LogP contribution in [0.2, 0.25) is 0 Å². The summed E-state index contributed by atoms with van der Waals surface area (Å²) in [5.74, 6) is 0.159. The summed E-state index contributed by atoms with van der Waals surface area (Å²) in [6.45, 7) is 4.13. The Labute approximate surface area is 136 Å². The molecule has 3 N–H and O–H groups in total. The monoisotopic (exact) mass is 313 g/mol. The fourth-order valence-corrected chi connectivity index (χ4v) is 2.27. The number of carbonyl (C=O) groups excluding carboxylic acids is 1. The molecule has 1 heterocycles. The molecule has 0 saturated heterocycles. The summed E-state index contributed by atoms with van der Waals surface area (Å²) in [5, 5.41) is 15.3. The van der Waals surface area contributed by atoms with E-state index < -0.39 is 0 Å². The van der Waals surface area contributed by atoms with Crippen LogP contribution in [-0.4, -0.2) is 28.6 Å². The highest BCUT2D eigenvalue weighted by atomic mass is 16.3.